The summed E-state index contributed by atoms with van der Waals surface area (Å²) in [6.07, 6.45) is 3.82. The molecule has 0 fully saturated rings. The molecule has 0 saturated carbocycles. The number of nitrogens with one attached hydrogen (secondary N) is 2. The molecule has 24 heavy (non-hydrogen) atoms. The number of rotatable bonds is 6. The van der Waals surface area contributed by atoms with Gasteiger partial charge in [0.1, 0.15) is 6.04 Å². The number of anilines is 1. The van der Waals surface area contributed by atoms with Crippen LogP contribution in [-0.2, 0) is 4.79 Å². The number of benzene rings is 2. The van der Waals surface area contributed by atoms with E-state index in [2.05, 4.69) is 31.8 Å². The van der Waals surface area contributed by atoms with E-state index in [9.17, 15) is 4.79 Å². The summed E-state index contributed by atoms with van der Waals surface area (Å²) in [5.41, 5.74) is 5.27. The van der Waals surface area contributed by atoms with Gasteiger partial charge < -0.3 is 5.32 Å². The Labute approximate surface area is 150 Å². The lowest BCUT2D eigenvalue weighted by atomic mass is 10.2. The minimum atomic E-state index is -0.388. The Hall–Kier alpha value is -2.40. The molecule has 1 atom stereocenters. The minimum Gasteiger partial charge on any atom is -0.374 e. The number of halogens is 1. The Kier molecular flexibility index (Phi) is 6.75. The van der Waals surface area contributed by atoms with Crippen LogP contribution in [0.15, 0.2) is 70.2 Å². The lowest BCUT2D eigenvalue weighted by Gasteiger charge is -2.13. The van der Waals surface area contributed by atoms with Gasteiger partial charge in [-0.1, -0.05) is 52.3 Å². The van der Waals surface area contributed by atoms with Gasteiger partial charge in [0.2, 0.25) is 0 Å². The smallest absolute Gasteiger partial charge is 0.262 e. The third kappa shape index (κ3) is 6.01. The maximum absolute atomic E-state index is 12.1. The van der Waals surface area contributed by atoms with Crippen molar-refractivity contribution in [2.45, 2.75) is 19.9 Å². The average molecular weight is 386 g/mol. The van der Waals surface area contributed by atoms with Crippen molar-refractivity contribution in [2.75, 3.05) is 5.32 Å². The zero-order valence-corrected chi connectivity index (χ0v) is 15.2. The molecule has 2 aromatic carbocycles. The molecular formula is C19H20BrN3O. The van der Waals surface area contributed by atoms with Gasteiger partial charge in [-0.15, -0.1) is 0 Å². The van der Waals surface area contributed by atoms with Crippen LogP contribution < -0.4 is 10.7 Å². The van der Waals surface area contributed by atoms with Gasteiger partial charge in [-0.25, -0.2) is 5.43 Å². The number of hydrazone groups is 1. The number of hydrogen-bond donors (Lipinski definition) is 2. The van der Waals surface area contributed by atoms with Gasteiger partial charge in [0, 0.05) is 10.2 Å². The van der Waals surface area contributed by atoms with Gasteiger partial charge in [0.05, 0.1) is 5.71 Å². The van der Waals surface area contributed by atoms with Gasteiger partial charge in [0.15, 0.2) is 0 Å². The highest BCUT2D eigenvalue weighted by Gasteiger charge is 2.11. The molecule has 0 aliphatic carbocycles. The predicted octanol–water partition coefficient (Wildman–Crippen LogP) is 4.46. The summed E-state index contributed by atoms with van der Waals surface area (Å²) in [5, 5.41) is 7.23. The molecule has 0 spiro atoms. The fourth-order valence-corrected chi connectivity index (χ4v) is 2.18. The number of nitrogens with zero attached hydrogens (tertiary/aromatic N) is 1. The minimum absolute atomic E-state index is 0.189. The molecule has 4 nitrogen and oxygen atoms in total. The summed E-state index contributed by atoms with van der Waals surface area (Å²) in [6, 6.07) is 17.2. The van der Waals surface area contributed by atoms with Gasteiger partial charge in [-0.2, -0.15) is 5.10 Å². The van der Waals surface area contributed by atoms with E-state index in [0.29, 0.717) is 0 Å². The topological polar surface area (TPSA) is 53.5 Å². The Balaban J connectivity index is 1.86. The Morgan fingerprint density at radius 2 is 1.79 bits per heavy atom. The van der Waals surface area contributed by atoms with Crippen LogP contribution in [-0.4, -0.2) is 17.7 Å². The van der Waals surface area contributed by atoms with Crippen molar-refractivity contribution in [3.63, 3.8) is 0 Å². The summed E-state index contributed by atoms with van der Waals surface area (Å²) in [4.78, 5) is 12.1. The first-order chi connectivity index (χ1) is 11.5. The fraction of sp³-hybridized carbons (Fsp3) is 0.158. The highest BCUT2D eigenvalue weighted by Crippen LogP contribution is 2.14. The van der Waals surface area contributed by atoms with E-state index >= 15 is 0 Å². The van der Waals surface area contributed by atoms with Crippen LogP contribution in [0, 0.1) is 0 Å². The summed E-state index contributed by atoms with van der Waals surface area (Å²) in [5.74, 6) is -0.189. The summed E-state index contributed by atoms with van der Waals surface area (Å²) in [7, 11) is 0. The number of carbonyl (C=O) groups is 1. The normalized spacial score (nSPS) is 12.9. The van der Waals surface area contributed by atoms with Crippen molar-refractivity contribution in [3.05, 3.63) is 70.7 Å². The second-order valence-corrected chi connectivity index (χ2v) is 6.26. The van der Waals surface area contributed by atoms with Crippen molar-refractivity contribution in [2.24, 2.45) is 5.10 Å². The van der Waals surface area contributed by atoms with Crippen molar-refractivity contribution in [1.82, 2.24) is 5.43 Å². The molecule has 0 heterocycles. The predicted molar refractivity (Wildman–Crippen MR) is 104 cm³/mol. The lowest BCUT2D eigenvalue weighted by molar-refractivity contribution is -0.121. The summed E-state index contributed by atoms with van der Waals surface area (Å²) >= 11 is 3.38. The monoisotopic (exact) mass is 385 g/mol. The zero-order chi connectivity index (χ0) is 17.4. The Morgan fingerprint density at radius 3 is 2.46 bits per heavy atom. The van der Waals surface area contributed by atoms with E-state index < -0.39 is 0 Å². The molecular weight excluding hydrogens is 366 g/mol. The standard InChI is InChI=1S/C19H20BrN3O/c1-14(8-9-16-6-4-3-5-7-16)22-23-19(24)15(2)21-18-12-10-17(20)11-13-18/h3-13,15,21H,1-2H3,(H,23,24)/b9-8+,22-14-/t15-/m0/s1. The van der Waals surface area contributed by atoms with Gasteiger partial charge in [-0.3, -0.25) is 4.79 Å². The highest BCUT2D eigenvalue weighted by molar-refractivity contribution is 9.10. The molecule has 2 N–H and O–H groups in total. The van der Waals surface area contributed by atoms with E-state index in [1.807, 2.05) is 73.7 Å². The van der Waals surface area contributed by atoms with Gasteiger partial charge in [0.25, 0.3) is 5.91 Å². The third-order valence-electron chi connectivity index (χ3n) is 3.28. The molecule has 2 aromatic rings. The number of amides is 1. The van der Waals surface area contributed by atoms with E-state index in [4.69, 9.17) is 0 Å². The van der Waals surface area contributed by atoms with Crippen LogP contribution in [0.1, 0.15) is 19.4 Å². The SMILES string of the molecule is CC(/C=C/c1ccccc1)=N/NC(=O)[C@H](C)Nc1ccc(Br)cc1. The summed E-state index contributed by atoms with van der Waals surface area (Å²) in [6.45, 7) is 3.63. The van der Waals surface area contributed by atoms with E-state index in [-0.39, 0.29) is 11.9 Å². The largest absolute Gasteiger partial charge is 0.374 e. The molecule has 0 unspecified atom stereocenters. The maximum Gasteiger partial charge on any atom is 0.262 e. The third-order valence-corrected chi connectivity index (χ3v) is 3.81. The van der Waals surface area contributed by atoms with Crippen LogP contribution in [0.5, 0.6) is 0 Å². The van der Waals surface area contributed by atoms with E-state index in [1.165, 1.54) is 0 Å². The Morgan fingerprint density at radius 1 is 1.12 bits per heavy atom. The van der Waals surface area contributed by atoms with Crippen LogP contribution in [0.4, 0.5) is 5.69 Å². The van der Waals surface area contributed by atoms with Crippen molar-refractivity contribution in [1.29, 1.82) is 0 Å². The molecule has 124 valence electrons. The highest BCUT2D eigenvalue weighted by atomic mass is 79.9. The summed E-state index contributed by atoms with van der Waals surface area (Å²) < 4.78 is 0.996. The first kappa shape index (κ1) is 17.9. The molecule has 0 aromatic heterocycles. The van der Waals surface area contributed by atoms with E-state index in [0.717, 1.165) is 21.4 Å². The number of allylic oxidation sites excluding steroid dienone is 1. The second-order valence-electron chi connectivity index (χ2n) is 5.35. The first-order valence-electron chi connectivity index (χ1n) is 7.64. The first-order valence-corrected chi connectivity index (χ1v) is 8.43. The second kappa shape index (κ2) is 9.03. The number of hydrogen-bond acceptors (Lipinski definition) is 3. The molecule has 0 radical (unpaired) electrons. The molecule has 0 saturated heterocycles. The molecule has 1 amide bonds. The lowest BCUT2D eigenvalue weighted by Crippen LogP contribution is -2.35. The quantitative estimate of drug-likeness (QED) is 0.569. The van der Waals surface area contributed by atoms with Crippen LogP contribution in [0.3, 0.4) is 0 Å². The zero-order valence-electron chi connectivity index (χ0n) is 13.7. The van der Waals surface area contributed by atoms with Crippen LogP contribution >= 0.6 is 15.9 Å². The van der Waals surface area contributed by atoms with E-state index in [1.54, 1.807) is 6.92 Å². The maximum atomic E-state index is 12.1. The van der Waals surface area contributed by atoms with Crippen molar-refractivity contribution in [3.8, 4) is 0 Å². The molecule has 0 aliphatic rings. The Bertz CT molecular complexity index is 724. The van der Waals surface area contributed by atoms with Crippen LogP contribution in [0.25, 0.3) is 6.08 Å². The molecule has 2 rings (SSSR count). The molecule has 5 heteroatoms. The average Bonchev–Trinajstić information content (AvgIpc) is 2.60. The number of carbonyl (C=O) groups excluding carboxylic acids is 1. The van der Waals surface area contributed by atoms with Gasteiger partial charge >= 0.3 is 0 Å². The fourth-order valence-electron chi connectivity index (χ4n) is 1.92. The van der Waals surface area contributed by atoms with Gasteiger partial charge in [-0.05, 0) is 49.8 Å². The molecule has 0 aliphatic heterocycles. The van der Waals surface area contributed by atoms with Crippen molar-refractivity contribution >= 4 is 39.3 Å². The van der Waals surface area contributed by atoms with Crippen LogP contribution in [0.2, 0.25) is 0 Å². The molecule has 0 bridgehead atoms. The van der Waals surface area contributed by atoms with Crippen molar-refractivity contribution < 1.29 is 4.79 Å².